The number of nitrogens with one attached hydrogen (secondary N) is 1. The molecule has 0 aliphatic heterocycles. The van der Waals surface area contributed by atoms with Crippen LogP contribution in [0.3, 0.4) is 0 Å². The maximum atomic E-state index is 11.8. The van der Waals surface area contributed by atoms with Gasteiger partial charge in [-0.15, -0.1) is 0 Å². The quantitative estimate of drug-likeness (QED) is 0.888. The van der Waals surface area contributed by atoms with Crippen molar-refractivity contribution in [3.63, 3.8) is 0 Å². The molecule has 0 bridgehead atoms. The molecule has 0 aliphatic carbocycles. The van der Waals surface area contributed by atoms with Gasteiger partial charge in [-0.2, -0.15) is 10.2 Å². The molecule has 1 rings (SSSR count). The van der Waals surface area contributed by atoms with E-state index in [1.54, 1.807) is 6.92 Å². The summed E-state index contributed by atoms with van der Waals surface area (Å²) in [6, 6.07) is 2.09. The molecular formula is C14H22N4O3. The maximum absolute atomic E-state index is 11.8. The summed E-state index contributed by atoms with van der Waals surface area (Å²) >= 11 is 0. The summed E-state index contributed by atoms with van der Waals surface area (Å²) in [5.74, 6) is 0.0626. The van der Waals surface area contributed by atoms with Gasteiger partial charge in [0.2, 0.25) is 0 Å². The van der Waals surface area contributed by atoms with Crippen LogP contribution in [0.4, 0.5) is 0 Å². The number of rotatable bonds is 5. The van der Waals surface area contributed by atoms with E-state index in [-0.39, 0.29) is 24.0 Å². The van der Waals surface area contributed by atoms with Gasteiger partial charge in [0.05, 0.1) is 6.07 Å². The summed E-state index contributed by atoms with van der Waals surface area (Å²) < 4.78 is 10.1. The third-order valence-corrected chi connectivity index (χ3v) is 3.19. The second kappa shape index (κ2) is 6.12. The Bertz CT molecular complexity index is 539. The number of nitrogens with zero attached hydrogens (tertiary/aromatic N) is 3. The monoisotopic (exact) mass is 294 g/mol. The van der Waals surface area contributed by atoms with Crippen LogP contribution >= 0.6 is 0 Å². The molecule has 0 spiro atoms. The van der Waals surface area contributed by atoms with Gasteiger partial charge in [-0.1, -0.05) is 39.8 Å². The predicted octanol–water partition coefficient (Wildman–Crippen LogP) is 1.80. The molecule has 0 saturated carbocycles. The second-order valence-electron chi connectivity index (χ2n) is 6.44. The predicted molar refractivity (Wildman–Crippen MR) is 75.5 cm³/mol. The highest BCUT2D eigenvalue weighted by Crippen LogP contribution is 2.21. The van der Waals surface area contributed by atoms with Crippen LogP contribution in [0.2, 0.25) is 0 Å². The highest BCUT2D eigenvalue weighted by atomic mass is 16.6. The number of aromatic nitrogens is 2. The van der Waals surface area contributed by atoms with Gasteiger partial charge in [0.15, 0.2) is 12.4 Å². The van der Waals surface area contributed by atoms with Crippen LogP contribution < -0.4 is 10.1 Å². The lowest BCUT2D eigenvalue weighted by Crippen LogP contribution is -2.50. The molecule has 0 saturated heterocycles. The Hall–Kier alpha value is -2.10. The molecule has 0 aliphatic rings. The van der Waals surface area contributed by atoms with Crippen LogP contribution in [0.1, 0.15) is 47.4 Å². The molecule has 1 heterocycles. The molecule has 0 radical (unpaired) electrons. The average molecular weight is 294 g/mol. The van der Waals surface area contributed by atoms with Crippen LogP contribution in [0.15, 0.2) is 4.52 Å². The average Bonchev–Trinajstić information content (AvgIpc) is 2.84. The normalized spacial score (nSPS) is 14.4. The SMILES string of the molecule is CC(C)[C@@](C)(C#N)NC(=O)COc1nc(C(C)(C)C)no1. The number of ether oxygens (including phenoxy) is 1. The number of carbonyl (C=O) groups excluding carboxylic acids is 1. The number of hydrogen-bond donors (Lipinski definition) is 1. The van der Waals surface area contributed by atoms with Crippen molar-refractivity contribution in [3.05, 3.63) is 5.82 Å². The van der Waals surface area contributed by atoms with Crippen LogP contribution in [0.25, 0.3) is 0 Å². The lowest BCUT2D eigenvalue weighted by Gasteiger charge is -2.26. The summed E-state index contributed by atoms with van der Waals surface area (Å²) in [7, 11) is 0. The van der Waals surface area contributed by atoms with E-state index in [1.165, 1.54) is 0 Å². The molecule has 7 heteroatoms. The van der Waals surface area contributed by atoms with Crippen molar-refractivity contribution in [3.8, 4) is 12.1 Å². The first kappa shape index (κ1) is 17.0. The van der Waals surface area contributed by atoms with Crippen molar-refractivity contribution < 1.29 is 14.1 Å². The van der Waals surface area contributed by atoms with Crippen LogP contribution in [-0.4, -0.2) is 28.2 Å². The van der Waals surface area contributed by atoms with Crippen LogP contribution in [-0.2, 0) is 10.2 Å². The molecule has 7 nitrogen and oxygen atoms in total. The van der Waals surface area contributed by atoms with Crippen molar-refractivity contribution in [1.29, 1.82) is 5.26 Å². The first-order valence-corrected chi connectivity index (χ1v) is 6.77. The fraction of sp³-hybridized carbons (Fsp3) is 0.714. The highest BCUT2D eigenvalue weighted by molar-refractivity contribution is 5.78. The minimum Gasteiger partial charge on any atom is -0.439 e. The highest BCUT2D eigenvalue weighted by Gasteiger charge is 2.30. The standard InChI is InChI=1S/C14H22N4O3/c1-9(2)14(6,8-15)17-10(19)7-20-12-16-11(18-21-12)13(3,4)5/h9H,7H2,1-6H3,(H,17,19)/t14-/m1/s1. The van der Waals surface area contributed by atoms with E-state index in [0.717, 1.165) is 0 Å². The minimum atomic E-state index is -0.939. The van der Waals surface area contributed by atoms with Crippen molar-refractivity contribution in [2.24, 2.45) is 5.92 Å². The zero-order chi connectivity index (χ0) is 16.3. The van der Waals surface area contributed by atoms with Gasteiger partial charge < -0.3 is 10.1 Å². The molecule has 0 unspecified atom stereocenters. The van der Waals surface area contributed by atoms with Crippen LogP contribution in [0, 0.1) is 17.2 Å². The van der Waals surface area contributed by atoms with E-state index < -0.39 is 11.4 Å². The Morgan fingerprint density at radius 3 is 2.48 bits per heavy atom. The molecule has 1 aromatic rings. The molecule has 0 fully saturated rings. The number of amides is 1. The van der Waals surface area contributed by atoms with E-state index in [2.05, 4.69) is 21.5 Å². The number of carbonyl (C=O) groups is 1. The fourth-order valence-corrected chi connectivity index (χ4v) is 1.33. The van der Waals surface area contributed by atoms with E-state index in [1.807, 2.05) is 34.6 Å². The molecule has 1 aromatic heterocycles. The van der Waals surface area contributed by atoms with Gasteiger partial charge in [0, 0.05) is 5.41 Å². The van der Waals surface area contributed by atoms with Gasteiger partial charge in [0.25, 0.3) is 5.91 Å². The third-order valence-electron chi connectivity index (χ3n) is 3.19. The van der Waals surface area contributed by atoms with E-state index >= 15 is 0 Å². The zero-order valence-electron chi connectivity index (χ0n) is 13.4. The van der Waals surface area contributed by atoms with Crippen molar-refractivity contribution in [1.82, 2.24) is 15.5 Å². The molecule has 0 aromatic carbocycles. The fourth-order valence-electron chi connectivity index (χ4n) is 1.33. The Morgan fingerprint density at radius 1 is 1.43 bits per heavy atom. The smallest absolute Gasteiger partial charge is 0.417 e. The summed E-state index contributed by atoms with van der Waals surface area (Å²) in [5, 5.41) is 15.6. The van der Waals surface area contributed by atoms with Gasteiger partial charge in [-0.05, 0) is 12.8 Å². The van der Waals surface area contributed by atoms with Crippen LogP contribution in [0.5, 0.6) is 6.08 Å². The van der Waals surface area contributed by atoms with E-state index in [0.29, 0.717) is 5.82 Å². The maximum Gasteiger partial charge on any atom is 0.417 e. The first-order valence-electron chi connectivity index (χ1n) is 6.77. The number of hydrogen-bond acceptors (Lipinski definition) is 6. The largest absolute Gasteiger partial charge is 0.439 e. The lowest BCUT2D eigenvalue weighted by molar-refractivity contribution is -0.125. The Balaban J connectivity index is 2.58. The minimum absolute atomic E-state index is 0.0256. The van der Waals surface area contributed by atoms with Crippen molar-refractivity contribution in [2.75, 3.05) is 6.61 Å². The summed E-state index contributed by atoms with van der Waals surface area (Å²) in [5.41, 5.74) is -1.20. The second-order valence-corrected chi connectivity index (χ2v) is 6.44. The first-order chi connectivity index (χ1) is 9.58. The molecule has 1 N–H and O–H groups in total. The Labute approximate surface area is 124 Å². The van der Waals surface area contributed by atoms with Crippen molar-refractivity contribution >= 4 is 5.91 Å². The molecule has 1 amide bonds. The lowest BCUT2D eigenvalue weighted by atomic mass is 9.90. The zero-order valence-corrected chi connectivity index (χ0v) is 13.4. The van der Waals surface area contributed by atoms with Crippen molar-refractivity contribution in [2.45, 2.75) is 52.5 Å². The Kier molecular flexibility index (Phi) is 4.94. The van der Waals surface area contributed by atoms with E-state index in [9.17, 15) is 4.79 Å². The molecule has 116 valence electrons. The van der Waals surface area contributed by atoms with Gasteiger partial charge >= 0.3 is 6.08 Å². The summed E-state index contributed by atoms with van der Waals surface area (Å²) in [4.78, 5) is 15.9. The van der Waals surface area contributed by atoms with Gasteiger partial charge in [-0.3, -0.25) is 9.32 Å². The van der Waals surface area contributed by atoms with Gasteiger partial charge in [0.1, 0.15) is 5.54 Å². The summed E-state index contributed by atoms with van der Waals surface area (Å²) in [6.07, 6.45) is -0.0571. The molecule has 1 atom stereocenters. The summed E-state index contributed by atoms with van der Waals surface area (Å²) in [6.45, 7) is 10.9. The van der Waals surface area contributed by atoms with Gasteiger partial charge in [-0.25, -0.2) is 0 Å². The topological polar surface area (TPSA) is 101 Å². The molecule has 21 heavy (non-hydrogen) atoms. The number of nitriles is 1. The van der Waals surface area contributed by atoms with E-state index in [4.69, 9.17) is 14.5 Å². The Morgan fingerprint density at radius 2 is 2.05 bits per heavy atom. The third kappa shape index (κ3) is 4.45. The molecular weight excluding hydrogens is 272 g/mol.